The first-order valence-corrected chi connectivity index (χ1v) is 10.9. The van der Waals surface area contributed by atoms with Gasteiger partial charge >= 0.3 is 12.1 Å². The van der Waals surface area contributed by atoms with Gasteiger partial charge in [-0.15, -0.1) is 0 Å². The van der Waals surface area contributed by atoms with Gasteiger partial charge in [0, 0.05) is 18.1 Å². The summed E-state index contributed by atoms with van der Waals surface area (Å²) < 4.78 is 43.8. The number of alkyl halides is 3. The second-order valence-corrected chi connectivity index (χ2v) is 7.62. The molecule has 0 aliphatic heterocycles. The van der Waals surface area contributed by atoms with E-state index in [9.17, 15) is 27.9 Å². The molecule has 0 aliphatic carbocycles. The van der Waals surface area contributed by atoms with E-state index in [4.69, 9.17) is 9.57 Å². The van der Waals surface area contributed by atoms with Crippen LogP contribution in [0.3, 0.4) is 0 Å². The summed E-state index contributed by atoms with van der Waals surface area (Å²) in [7, 11) is 0. The number of amides is 1. The molecule has 3 aromatic carbocycles. The molecule has 0 spiro atoms. The molecule has 1 amide bonds. The highest BCUT2D eigenvalue weighted by Gasteiger charge is 2.30. The van der Waals surface area contributed by atoms with E-state index in [0.717, 1.165) is 35.5 Å². The van der Waals surface area contributed by atoms with Crippen LogP contribution in [0.4, 0.5) is 18.9 Å². The number of carboxylic acid groups (broad SMARTS) is 1. The van der Waals surface area contributed by atoms with Crippen LogP contribution < -0.4 is 10.1 Å². The Labute approximate surface area is 205 Å². The van der Waals surface area contributed by atoms with Gasteiger partial charge in [0.2, 0.25) is 0 Å². The van der Waals surface area contributed by atoms with Crippen LogP contribution in [0, 0.1) is 0 Å². The Bertz CT molecular complexity index is 1230. The van der Waals surface area contributed by atoms with Crippen LogP contribution in [0.5, 0.6) is 5.75 Å². The highest BCUT2D eigenvalue weighted by Crippen LogP contribution is 2.29. The largest absolute Gasteiger partial charge is 0.493 e. The molecule has 0 atom stereocenters. The summed E-state index contributed by atoms with van der Waals surface area (Å²) in [5.41, 5.74) is 0.466. The van der Waals surface area contributed by atoms with Gasteiger partial charge < -0.3 is 20.0 Å². The molecule has 188 valence electrons. The molecule has 3 aromatic rings. The average molecular weight is 500 g/mol. The van der Waals surface area contributed by atoms with Gasteiger partial charge in [0.05, 0.1) is 29.1 Å². The Morgan fingerprint density at radius 2 is 1.64 bits per heavy atom. The number of carbonyl (C=O) groups excluding carboxylic acids is 1. The number of anilines is 1. The number of oxime groups is 1. The van der Waals surface area contributed by atoms with Crippen LogP contribution in [0.15, 0.2) is 78.0 Å². The Morgan fingerprint density at radius 1 is 0.944 bits per heavy atom. The third kappa shape index (κ3) is 7.33. The van der Waals surface area contributed by atoms with Gasteiger partial charge in [0.15, 0.2) is 0 Å². The number of halogens is 3. The van der Waals surface area contributed by atoms with E-state index in [0.29, 0.717) is 12.2 Å². The van der Waals surface area contributed by atoms with E-state index in [2.05, 4.69) is 10.5 Å². The van der Waals surface area contributed by atoms with E-state index in [1.54, 1.807) is 0 Å². The molecule has 3 rings (SSSR count). The molecule has 7 nitrogen and oxygen atoms in total. The molecule has 10 heteroatoms. The number of carbonyl (C=O) groups is 2. The van der Waals surface area contributed by atoms with Gasteiger partial charge in [-0.1, -0.05) is 35.5 Å². The first-order valence-electron chi connectivity index (χ1n) is 10.9. The van der Waals surface area contributed by atoms with E-state index < -0.39 is 23.6 Å². The fraction of sp³-hybridized carbons (Fsp3) is 0.192. The lowest BCUT2D eigenvalue weighted by Gasteiger charge is -2.12. The Kier molecular flexibility index (Phi) is 8.66. The smallest absolute Gasteiger partial charge is 0.416 e. The number of nitrogens with one attached hydrogen (secondary N) is 1. The minimum absolute atomic E-state index is 0.0516. The minimum atomic E-state index is -4.53. The zero-order chi connectivity index (χ0) is 26.1. The molecule has 0 aliphatic rings. The molecule has 0 saturated heterocycles. The number of nitrogens with zero attached hydrogens (tertiary/aromatic N) is 1. The molecule has 0 aromatic heterocycles. The molecule has 0 saturated carbocycles. The lowest BCUT2D eigenvalue weighted by molar-refractivity contribution is -0.137. The number of carboxylic acids is 1. The number of benzene rings is 3. The van der Waals surface area contributed by atoms with Gasteiger partial charge in [0.25, 0.3) is 5.91 Å². The van der Waals surface area contributed by atoms with Gasteiger partial charge in [-0.3, -0.25) is 4.79 Å². The zero-order valence-corrected chi connectivity index (χ0v) is 19.2. The van der Waals surface area contributed by atoms with Gasteiger partial charge in [-0.05, 0) is 48.9 Å². The fourth-order valence-electron chi connectivity index (χ4n) is 3.10. The number of ether oxygens (including phenoxy) is 1. The summed E-state index contributed by atoms with van der Waals surface area (Å²) in [6, 6.07) is 17.2. The van der Waals surface area contributed by atoms with Crippen LogP contribution in [0.2, 0.25) is 0 Å². The molecule has 0 bridgehead atoms. The van der Waals surface area contributed by atoms with Gasteiger partial charge in [0.1, 0.15) is 12.4 Å². The van der Waals surface area contributed by atoms with Crippen molar-refractivity contribution in [2.24, 2.45) is 5.16 Å². The second kappa shape index (κ2) is 11.9. The number of hydrogen-bond donors (Lipinski definition) is 2. The molecule has 2 N–H and O–H groups in total. The normalized spacial score (nSPS) is 11.6. The number of rotatable bonds is 10. The molecule has 0 heterocycles. The highest BCUT2D eigenvalue weighted by atomic mass is 19.4. The highest BCUT2D eigenvalue weighted by molar-refractivity contribution is 6.08. The van der Waals surface area contributed by atoms with Crippen LogP contribution in [-0.2, 0) is 11.0 Å². The van der Waals surface area contributed by atoms with Crippen molar-refractivity contribution in [1.82, 2.24) is 0 Å². The van der Waals surface area contributed by atoms with Crippen molar-refractivity contribution in [3.05, 3.63) is 95.1 Å². The van der Waals surface area contributed by atoms with Crippen molar-refractivity contribution in [1.29, 1.82) is 0 Å². The Balaban J connectivity index is 1.57. The topological polar surface area (TPSA) is 97.2 Å². The average Bonchev–Trinajstić information content (AvgIpc) is 2.86. The third-order valence-corrected chi connectivity index (χ3v) is 4.99. The van der Waals surface area contributed by atoms with Crippen LogP contribution in [-0.4, -0.2) is 35.9 Å². The van der Waals surface area contributed by atoms with Crippen molar-refractivity contribution in [2.45, 2.75) is 19.5 Å². The number of aromatic carboxylic acids is 1. The molecule has 0 fully saturated rings. The zero-order valence-electron chi connectivity index (χ0n) is 19.2. The monoisotopic (exact) mass is 500 g/mol. The summed E-state index contributed by atoms with van der Waals surface area (Å²) >= 11 is 0. The lowest BCUT2D eigenvalue weighted by atomic mass is 10.1. The first kappa shape index (κ1) is 26.3. The van der Waals surface area contributed by atoms with E-state index in [1.807, 2.05) is 37.3 Å². The van der Waals surface area contributed by atoms with Crippen molar-refractivity contribution in [3.8, 4) is 5.75 Å². The molecule has 0 unspecified atom stereocenters. The van der Waals surface area contributed by atoms with E-state index in [1.165, 1.54) is 18.2 Å². The lowest BCUT2D eigenvalue weighted by Crippen LogP contribution is -2.15. The molecule has 0 radical (unpaired) electrons. The number of hydrogen-bond acceptors (Lipinski definition) is 5. The summed E-state index contributed by atoms with van der Waals surface area (Å²) in [5, 5.41) is 15.9. The van der Waals surface area contributed by atoms with Gasteiger partial charge in [-0.25, -0.2) is 4.79 Å². The summed E-state index contributed by atoms with van der Waals surface area (Å²) in [5.74, 6) is -1.75. The predicted octanol–water partition coefficient (Wildman–Crippen LogP) is 5.87. The Hall–Kier alpha value is -4.34. The van der Waals surface area contributed by atoms with Crippen molar-refractivity contribution < 1.29 is 37.4 Å². The summed E-state index contributed by atoms with van der Waals surface area (Å²) in [4.78, 5) is 29.3. The quantitative estimate of drug-likeness (QED) is 0.206. The van der Waals surface area contributed by atoms with E-state index >= 15 is 0 Å². The minimum Gasteiger partial charge on any atom is -0.493 e. The summed E-state index contributed by atoms with van der Waals surface area (Å²) in [6.07, 6.45) is -4.05. The van der Waals surface area contributed by atoms with Crippen LogP contribution in [0.25, 0.3) is 0 Å². The van der Waals surface area contributed by atoms with Gasteiger partial charge in [-0.2, -0.15) is 13.2 Å². The van der Waals surface area contributed by atoms with Crippen molar-refractivity contribution in [3.63, 3.8) is 0 Å². The molecular formula is C26H23F3N2O5. The maximum absolute atomic E-state index is 12.7. The maximum atomic E-state index is 12.7. The van der Waals surface area contributed by atoms with Crippen molar-refractivity contribution >= 4 is 23.3 Å². The fourth-order valence-corrected chi connectivity index (χ4v) is 3.10. The molecule has 36 heavy (non-hydrogen) atoms. The predicted molar refractivity (Wildman–Crippen MR) is 128 cm³/mol. The maximum Gasteiger partial charge on any atom is 0.416 e. The Morgan fingerprint density at radius 3 is 2.28 bits per heavy atom. The first-order chi connectivity index (χ1) is 17.1. The van der Waals surface area contributed by atoms with E-state index in [-0.39, 0.29) is 30.0 Å². The van der Waals surface area contributed by atoms with Crippen LogP contribution in [0.1, 0.15) is 45.2 Å². The molecular weight excluding hydrogens is 477 g/mol. The SMILES string of the molecule is C/C(=N\OCCCOc1ccc(C(=O)O)c(NC(=O)c2ccc(C(F)(F)F)cc2)c1)c1ccccc1. The van der Waals surface area contributed by atoms with Crippen molar-refractivity contribution in [2.75, 3.05) is 18.5 Å². The summed E-state index contributed by atoms with van der Waals surface area (Å²) in [6.45, 7) is 2.35. The second-order valence-electron chi connectivity index (χ2n) is 7.62. The third-order valence-electron chi connectivity index (χ3n) is 4.99. The van der Waals surface area contributed by atoms with Crippen LogP contribution >= 0.6 is 0 Å². The standard InChI is InChI=1S/C26H23F3N2O5/c1-17(18-6-3-2-4-7-18)31-36-15-5-14-35-21-12-13-22(25(33)34)23(16-21)30-24(32)19-8-10-20(11-9-19)26(27,28)29/h2-4,6-13,16H,5,14-15H2,1H3,(H,30,32)(H,33,34)/b31-17+.